The van der Waals surface area contributed by atoms with Crippen molar-refractivity contribution < 1.29 is 9.84 Å². The van der Waals surface area contributed by atoms with E-state index in [9.17, 15) is 5.11 Å². The van der Waals surface area contributed by atoms with Gasteiger partial charge in [-0.15, -0.1) is 24.0 Å². The van der Waals surface area contributed by atoms with Crippen molar-refractivity contribution >= 4 is 40.8 Å². The highest BCUT2D eigenvalue weighted by Gasteiger charge is 2.08. The van der Waals surface area contributed by atoms with Crippen LogP contribution in [-0.2, 0) is 6.42 Å². The lowest BCUT2D eigenvalue weighted by molar-refractivity contribution is 0.187. The second-order valence-electron chi connectivity index (χ2n) is 6.54. The molecular weight excluding hydrogens is 479 g/mol. The van der Waals surface area contributed by atoms with Gasteiger partial charge in [-0.3, -0.25) is 4.99 Å². The van der Waals surface area contributed by atoms with Crippen molar-refractivity contribution in [2.24, 2.45) is 4.99 Å². The van der Waals surface area contributed by atoms with Gasteiger partial charge in [-0.05, 0) is 42.7 Å². The number of methoxy groups -OCH3 is 1. The third-order valence-corrected chi connectivity index (χ3v) is 4.63. The van der Waals surface area contributed by atoms with Crippen molar-refractivity contribution in [3.8, 4) is 5.75 Å². The molecule has 1 heterocycles. The molecule has 0 radical (unpaired) electrons. The molecule has 0 aliphatic rings. The normalized spacial score (nSPS) is 12.3. The Kier molecular flexibility index (Phi) is 9.27. The Hall–Kier alpha value is -2.26. The molecule has 3 aromatic rings. The molecule has 0 saturated heterocycles. The zero-order valence-electron chi connectivity index (χ0n) is 16.8. The van der Waals surface area contributed by atoms with Crippen molar-refractivity contribution in [2.45, 2.75) is 19.4 Å². The van der Waals surface area contributed by atoms with Crippen molar-refractivity contribution in [3.05, 3.63) is 65.9 Å². The van der Waals surface area contributed by atoms with Crippen LogP contribution in [0.5, 0.6) is 5.75 Å². The first-order valence-electron chi connectivity index (χ1n) is 9.60. The molecule has 0 fully saturated rings. The fraction of sp³-hybridized carbons (Fsp3) is 0.318. The number of guanidine groups is 1. The Morgan fingerprint density at radius 3 is 2.62 bits per heavy atom. The number of aliphatic hydroxyl groups is 1. The first-order chi connectivity index (χ1) is 13.7. The van der Waals surface area contributed by atoms with Gasteiger partial charge < -0.3 is 25.5 Å². The predicted molar refractivity (Wildman–Crippen MR) is 129 cm³/mol. The number of benzene rings is 2. The lowest BCUT2D eigenvalue weighted by Gasteiger charge is -2.13. The van der Waals surface area contributed by atoms with Crippen LogP contribution in [0.15, 0.2) is 59.7 Å². The number of nitrogens with one attached hydrogen (secondary N) is 3. The van der Waals surface area contributed by atoms with Crippen LogP contribution in [-0.4, -0.2) is 42.8 Å². The number of aromatic amines is 1. The molecule has 6 nitrogen and oxygen atoms in total. The van der Waals surface area contributed by atoms with Gasteiger partial charge in [-0.2, -0.15) is 0 Å². The number of rotatable bonds is 8. The van der Waals surface area contributed by atoms with E-state index in [1.807, 2.05) is 37.3 Å². The highest BCUT2D eigenvalue weighted by Crippen LogP contribution is 2.18. The maximum absolute atomic E-state index is 10.4. The summed E-state index contributed by atoms with van der Waals surface area (Å²) in [6, 6.07) is 15.7. The molecule has 0 aliphatic heterocycles. The number of hydrogen-bond acceptors (Lipinski definition) is 3. The number of H-pyrrole nitrogens is 1. The van der Waals surface area contributed by atoms with Gasteiger partial charge in [0.15, 0.2) is 5.96 Å². The lowest BCUT2D eigenvalue weighted by atomic mass is 10.1. The smallest absolute Gasteiger partial charge is 0.191 e. The van der Waals surface area contributed by atoms with E-state index in [0.29, 0.717) is 5.96 Å². The Balaban J connectivity index is 0.00000300. The lowest BCUT2D eigenvalue weighted by Crippen LogP contribution is -2.38. The number of fused-ring (bicyclic) bond motifs is 1. The molecular formula is C22H29IN4O2. The molecule has 1 aromatic heterocycles. The first-order valence-corrected chi connectivity index (χ1v) is 9.60. The van der Waals surface area contributed by atoms with Crippen LogP contribution in [0.2, 0.25) is 0 Å². The predicted octanol–water partition coefficient (Wildman–Crippen LogP) is 3.63. The fourth-order valence-electron chi connectivity index (χ4n) is 3.10. The summed E-state index contributed by atoms with van der Waals surface area (Å²) in [5.74, 6) is 1.47. The SMILES string of the molecule is CCNC(=NCC(O)c1ccc(OC)cc1)NCCc1c[nH]c2ccccc12.I. The van der Waals surface area contributed by atoms with Crippen LogP contribution in [0, 0.1) is 0 Å². The summed E-state index contributed by atoms with van der Waals surface area (Å²) in [6.45, 7) is 3.83. The molecule has 29 heavy (non-hydrogen) atoms. The summed E-state index contributed by atoms with van der Waals surface area (Å²) in [5.41, 5.74) is 3.25. The molecule has 0 amide bonds. The van der Waals surface area contributed by atoms with Crippen molar-refractivity contribution in [3.63, 3.8) is 0 Å². The Labute approximate surface area is 188 Å². The van der Waals surface area contributed by atoms with Gasteiger partial charge in [0.05, 0.1) is 19.8 Å². The number of hydrogen-bond donors (Lipinski definition) is 4. The monoisotopic (exact) mass is 508 g/mol. The molecule has 0 spiro atoms. The second kappa shape index (κ2) is 11.7. The van der Waals surface area contributed by atoms with Gasteiger partial charge in [-0.1, -0.05) is 30.3 Å². The van der Waals surface area contributed by atoms with Gasteiger partial charge in [0, 0.05) is 30.2 Å². The van der Waals surface area contributed by atoms with E-state index in [0.717, 1.165) is 36.3 Å². The van der Waals surface area contributed by atoms with Gasteiger partial charge in [0.2, 0.25) is 0 Å². The number of para-hydroxylation sites is 1. The summed E-state index contributed by atoms with van der Waals surface area (Å²) in [5, 5.41) is 18.2. The van der Waals surface area contributed by atoms with E-state index in [2.05, 4.69) is 45.0 Å². The Bertz CT molecular complexity index is 909. The van der Waals surface area contributed by atoms with Crippen molar-refractivity contribution in [2.75, 3.05) is 26.7 Å². The molecule has 0 bridgehead atoms. The minimum atomic E-state index is -0.657. The average molecular weight is 508 g/mol. The summed E-state index contributed by atoms with van der Waals surface area (Å²) in [7, 11) is 1.63. The molecule has 156 valence electrons. The zero-order valence-corrected chi connectivity index (χ0v) is 19.1. The largest absolute Gasteiger partial charge is 0.497 e. The van der Waals surface area contributed by atoms with E-state index in [1.165, 1.54) is 10.9 Å². The van der Waals surface area contributed by atoms with Gasteiger partial charge in [0.1, 0.15) is 5.75 Å². The first kappa shape index (κ1) is 23.0. The molecule has 0 saturated carbocycles. The minimum Gasteiger partial charge on any atom is -0.497 e. The standard InChI is InChI=1S/C22H28N4O2.HI/c1-3-23-22(26-15-21(27)16-8-10-18(28-2)11-9-16)24-13-12-17-14-25-20-7-5-4-6-19(17)20;/h4-11,14,21,25,27H,3,12-13,15H2,1-2H3,(H2,23,24,26);1H. The number of nitrogens with zero attached hydrogens (tertiary/aromatic N) is 1. The quantitative estimate of drug-likeness (QED) is 0.213. The van der Waals surface area contributed by atoms with E-state index in [-0.39, 0.29) is 30.5 Å². The summed E-state index contributed by atoms with van der Waals surface area (Å²) in [4.78, 5) is 7.82. The summed E-state index contributed by atoms with van der Waals surface area (Å²) < 4.78 is 5.15. The van der Waals surface area contributed by atoms with Gasteiger partial charge in [0.25, 0.3) is 0 Å². The summed E-state index contributed by atoms with van der Waals surface area (Å²) >= 11 is 0. The van der Waals surface area contributed by atoms with Crippen molar-refractivity contribution in [1.29, 1.82) is 0 Å². The minimum absolute atomic E-state index is 0. The maximum Gasteiger partial charge on any atom is 0.191 e. The van der Waals surface area contributed by atoms with Crippen LogP contribution in [0.4, 0.5) is 0 Å². The molecule has 4 N–H and O–H groups in total. The number of aliphatic imine (C=N–C) groups is 1. The Morgan fingerprint density at radius 2 is 1.90 bits per heavy atom. The second-order valence-corrected chi connectivity index (χ2v) is 6.54. The topological polar surface area (TPSA) is 81.7 Å². The van der Waals surface area contributed by atoms with Gasteiger partial charge in [-0.25, -0.2) is 0 Å². The number of halogens is 1. The third kappa shape index (κ3) is 6.37. The zero-order chi connectivity index (χ0) is 19.8. The van der Waals surface area contributed by atoms with Crippen LogP contribution < -0.4 is 15.4 Å². The van der Waals surface area contributed by atoms with E-state index in [1.54, 1.807) is 7.11 Å². The molecule has 1 atom stereocenters. The summed E-state index contributed by atoms with van der Waals surface area (Å²) in [6.07, 6.45) is 2.29. The van der Waals surface area contributed by atoms with E-state index < -0.39 is 6.10 Å². The number of aromatic nitrogens is 1. The molecule has 0 aliphatic carbocycles. The van der Waals surface area contributed by atoms with Crippen LogP contribution in [0.1, 0.15) is 24.2 Å². The average Bonchev–Trinajstić information content (AvgIpc) is 3.15. The van der Waals surface area contributed by atoms with E-state index >= 15 is 0 Å². The van der Waals surface area contributed by atoms with Crippen molar-refractivity contribution in [1.82, 2.24) is 15.6 Å². The Morgan fingerprint density at radius 1 is 1.14 bits per heavy atom. The molecule has 3 rings (SSSR count). The van der Waals surface area contributed by atoms with Crippen LogP contribution in [0.3, 0.4) is 0 Å². The number of aliphatic hydroxyl groups excluding tert-OH is 1. The third-order valence-electron chi connectivity index (χ3n) is 4.63. The molecule has 7 heteroatoms. The maximum atomic E-state index is 10.4. The molecule has 2 aromatic carbocycles. The fourth-order valence-corrected chi connectivity index (χ4v) is 3.10. The van der Waals surface area contributed by atoms with Crippen LogP contribution in [0.25, 0.3) is 10.9 Å². The number of ether oxygens (including phenoxy) is 1. The molecule has 1 unspecified atom stereocenters. The van der Waals surface area contributed by atoms with Gasteiger partial charge >= 0.3 is 0 Å². The highest BCUT2D eigenvalue weighted by atomic mass is 127. The highest BCUT2D eigenvalue weighted by molar-refractivity contribution is 14.0. The van der Waals surface area contributed by atoms with E-state index in [4.69, 9.17) is 4.74 Å². The van der Waals surface area contributed by atoms with Crippen LogP contribution >= 0.6 is 24.0 Å².